The van der Waals surface area contributed by atoms with Crippen LogP contribution in [0.2, 0.25) is 0 Å². The number of amides is 4. The Bertz CT molecular complexity index is 992. The third-order valence-electron chi connectivity index (χ3n) is 4.06. The first-order valence-electron chi connectivity index (χ1n) is 8.40. The first-order valence-corrected chi connectivity index (χ1v) is 8.40. The molecule has 0 unspecified atom stereocenters. The van der Waals surface area contributed by atoms with E-state index in [9.17, 15) is 27.6 Å². The highest BCUT2D eigenvalue weighted by molar-refractivity contribution is 6.22. The van der Waals surface area contributed by atoms with Gasteiger partial charge in [0.05, 0.1) is 16.8 Å². The van der Waals surface area contributed by atoms with Crippen molar-refractivity contribution in [1.82, 2.24) is 4.90 Å². The zero-order chi connectivity index (χ0) is 20.6. The molecule has 1 aliphatic rings. The zero-order valence-corrected chi connectivity index (χ0v) is 15.0. The van der Waals surface area contributed by atoms with Gasteiger partial charge in [-0.1, -0.05) is 13.8 Å². The smallest absolute Gasteiger partial charge is 0.308 e. The molecule has 0 spiro atoms. The topological polar surface area (TPSA) is 78.5 Å². The summed E-state index contributed by atoms with van der Waals surface area (Å²) in [5, 5.41) is 4.41. The van der Waals surface area contributed by atoms with Crippen molar-refractivity contribution in [3.05, 3.63) is 58.9 Å². The number of anilines is 2. The second-order valence-electron chi connectivity index (χ2n) is 6.68. The fourth-order valence-electron chi connectivity index (χ4n) is 2.81. The Morgan fingerprint density at radius 2 is 1.64 bits per heavy atom. The Hall–Kier alpha value is -3.36. The van der Waals surface area contributed by atoms with Crippen LogP contribution in [0.4, 0.5) is 29.3 Å². The van der Waals surface area contributed by atoms with Crippen molar-refractivity contribution in [2.45, 2.75) is 13.8 Å². The summed E-state index contributed by atoms with van der Waals surface area (Å²) in [5.74, 6) is -5.40. The summed E-state index contributed by atoms with van der Waals surface area (Å²) in [6.45, 7) is 4.02. The Morgan fingerprint density at radius 1 is 0.964 bits per heavy atom. The van der Waals surface area contributed by atoms with Gasteiger partial charge in [0.2, 0.25) is 0 Å². The standard InChI is InChI=1S/C19H16F3N3O3/c1-9(2)8-25-17(26)11-4-3-10(7-12(11)18(25)27)23-19(28)24-14-6-5-13(20)15(21)16(14)22/h3-7,9H,8H2,1-2H3,(H2,23,24,28). The van der Waals surface area contributed by atoms with Gasteiger partial charge in [0, 0.05) is 12.2 Å². The van der Waals surface area contributed by atoms with E-state index in [1.54, 1.807) is 0 Å². The van der Waals surface area contributed by atoms with E-state index in [0.29, 0.717) is 6.07 Å². The summed E-state index contributed by atoms with van der Waals surface area (Å²) >= 11 is 0. The SMILES string of the molecule is CC(C)CN1C(=O)c2ccc(NC(=O)Nc3ccc(F)c(F)c3F)cc2C1=O. The van der Waals surface area contributed by atoms with Crippen molar-refractivity contribution >= 4 is 29.2 Å². The molecule has 2 aromatic rings. The van der Waals surface area contributed by atoms with Crippen molar-refractivity contribution in [2.24, 2.45) is 5.92 Å². The summed E-state index contributed by atoms with van der Waals surface area (Å²) in [6, 6.07) is 4.77. The minimum atomic E-state index is -1.70. The molecule has 0 atom stereocenters. The quantitative estimate of drug-likeness (QED) is 0.611. The zero-order valence-electron chi connectivity index (χ0n) is 15.0. The van der Waals surface area contributed by atoms with Crippen LogP contribution in [0, 0.1) is 23.4 Å². The highest BCUT2D eigenvalue weighted by Gasteiger charge is 2.35. The predicted octanol–water partition coefficient (Wildman–Crippen LogP) is 4.00. The van der Waals surface area contributed by atoms with Gasteiger partial charge in [-0.05, 0) is 36.2 Å². The number of nitrogens with zero attached hydrogens (tertiary/aromatic N) is 1. The molecule has 0 aromatic heterocycles. The first-order chi connectivity index (χ1) is 13.2. The largest absolute Gasteiger partial charge is 0.323 e. The normalized spacial score (nSPS) is 13.1. The minimum Gasteiger partial charge on any atom is -0.308 e. The number of urea groups is 1. The molecule has 0 saturated heterocycles. The van der Waals surface area contributed by atoms with Crippen LogP contribution < -0.4 is 10.6 Å². The summed E-state index contributed by atoms with van der Waals surface area (Å²) < 4.78 is 39.8. The second-order valence-corrected chi connectivity index (χ2v) is 6.68. The first kappa shape index (κ1) is 19.4. The molecule has 0 aliphatic carbocycles. The molecule has 0 saturated carbocycles. The number of fused-ring (bicyclic) bond motifs is 1. The summed E-state index contributed by atoms with van der Waals surface area (Å²) in [7, 11) is 0. The molecular formula is C19H16F3N3O3. The fraction of sp³-hybridized carbons (Fsp3) is 0.211. The van der Waals surface area contributed by atoms with Gasteiger partial charge < -0.3 is 10.6 Å². The van der Waals surface area contributed by atoms with E-state index >= 15 is 0 Å². The van der Waals surface area contributed by atoms with Gasteiger partial charge in [-0.3, -0.25) is 14.5 Å². The molecule has 4 amide bonds. The van der Waals surface area contributed by atoms with Crippen LogP contribution in [-0.2, 0) is 0 Å². The lowest BCUT2D eigenvalue weighted by molar-refractivity contribution is 0.0636. The van der Waals surface area contributed by atoms with E-state index in [2.05, 4.69) is 10.6 Å². The average Bonchev–Trinajstić information content (AvgIpc) is 2.86. The van der Waals surface area contributed by atoms with E-state index in [1.165, 1.54) is 18.2 Å². The van der Waals surface area contributed by atoms with Crippen molar-refractivity contribution < 1.29 is 27.6 Å². The van der Waals surface area contributed by atoms with Crippen molar-refractivity contribution in [3.8, 4) is 0 Å². The highest BCUT2D eigenvalue weighted by Crippen LogP contribution is 2.27. The van der Waals surface area contributed by atoms with Gasteiger partial charge in [0.15, 0.2) is 17.5 Å². The predicted molar refractivity (Wildman–Crippen MR) is 95.6 cm³/mol. The lowest BCUT2D eigenvalue weighted by Gasteiger charge is -2.15. The Labute approximate surface area is 158 Å². The van der Waals surface area contributed by atoms with Gasteiger partial charge in [-0.25, -0.2) is 18.0 Å². The molecule has 28 heavy (non-hydrogen) atoms. The molecule has 2 aromatic carbocycles. The molecule has 0 radical (unpaired) electrons. The van der Waals surface area contributed by atoms with Crippen LogP contribution >= 0.6 is 0 Å². The third-order valence-corrected chi connectivity index (χ3v) is 4.06. The number of nitrogens with one attached hydrogen (secondary N) is 2. The van der Waals surface area contributed by atoms with Gasteiger partial charge in [-0.15, -0.1) is 0 Å². The molecule has 3 rings (SSSR count). The molecule has 1 heterocycles. The van der Waals surface area contributed by atoms with Gasteiger partial charge in [-0.2, -0.15) is 0 Å². The van der Waals surface area contributed by atoms with Gasteiger partial charge >= 0.3 is 6.03 Å². The number of hydrogen-bond acceptors (Lipinski definition) is 3. The van der Waals surface area contributed by atoms with Crippen LogP contribution in [-0.4, -0.2) is 29.3 Å². The fourth-order valence-corrected chi connectivity index (χ4v) is 2.81. The maximum atomic E-state index is 13.6. The van der Waals surface area contributed by atoms with E-state index in [-0.39, 0.29) is 29.3 Å². The van der Waals surface area contributed by atoms with Gasteiger partial charge in [0.1, 0.15) is 0 Å². The molecule has 6 nitrogen and oxygen atoms in total. The second kappa shape index (κ2) is 7.34. The van der Waals surface area contributed by atoms with Crippen LogP contribution in [0.5, 0.6) is 0 Å². The van der Waals surface area contributed by atoms with Crippen LogP contribution in [0.3, 0.4) is 0 Å². The number of imide groups is 1. The van der Waals surface area contributed by atoms with E-state index in [4.69, 9.17) is 0 Å². The molecule has 0 bridgehead atoms. The minimum absolute atomic E-state index is 0.0941. The van der Waals surface area contributed by atoms with Gasteiger partial charge in [0.25, 0.3) is 11.8 Å². The van der Waals surface area contributed by atoms with E-state index in [1.807, 2.05) is 13.8 Å². The van der Waals surface area contributed by atoms with Crippen LogP contribution in [0.1, 0.15) is 34.6 Å². The summed E-state index contributed by atoms with van der Waals surface area (Å²) in [4.78, 5) is 37.9. The van der Waals surface area contributed by atoms with E-state index < -0.39 is 41.0 Å². The molecule has 9 heteroatoms. The lowest BCUT2D eigenvalue weighted by atomic mass is 10.1. The van der Waals surface area contributed by atoms with Crippen LogP contribution in [0.15, 0.2) is 30.3 Å². The Morgan fingerprint density at radius 3 is 2.32 bits per heavy atom. The van der Waals surface area contributed by atoms with Crippen molar-refractivity contribution in [3.63, 3.8) is 0 Å². The molecule has 0 fully saturated rings. The number of carbonyl (C=O) groups excluding carboxylic acids is 3. The summed E-state index contributed by atoms with van der Waals surface area (Å²) in [5.41, 5.74) is -0.00979. The number of rotatable bonds is 4. The Kier molecular flexibility index (Phi) is 5.08. The molecular weight excluding hydrogens is 375 g/mol. The molecule has 1 aliphatic heterocycles. The third kappa shape index (κ3) is 3.55. The number of halogens is 3. The molecule has 146 valence electrons. The maximum absolute atomic E-state index is 13.6. The number of carbonyl (C=O) groups is 3. The van der Waals surface area contributed by atoms with Crippen LogP contribution in [0.25, 0.3) is 0 Å². The summed E-state index contributed by atoms with van der Waals surface area (Å²) in [6.07, 6.45) is 0. The molecule has 2 N–H and O–H groups in total. The van der Waals surface area contributed by atoms with Crippen molar-refractivity contribution in [2.75, 3.05) is 17.2 Å². The maximum Gasteiger partial charge on any atom is 0.323 e. The average molecular weight is 391 g/mol. The number of hydrogen-bond donors (Lipinski definition) is 2. The monoisotopic (exact) mass is 391 g/mol. The Balaban J connectivity index is 1.76. The highest BCUT2D eigenvalue weighted by atomic mass is 19.2. The van der Waals surface area contributed by atoms with Crippen molar-refractivity contribution in [1.29, 1.82) is 0 Å². The van der Waals surface area contributed by atoms with E-state index in [0.717, 1.165) is 11.0 Å². The lowest BCUT2D eigenvalue weighted by Crippen LogP contribution is -2.33. The number of benzene rings is 2.